The Hall–Kier alpha value is -1.43. The minimum atomic E-state index is -0.155. The summed E-state index contributed by atoms with van der Waals surface area (Å²) in [6.45, 7) is 8.85. The molecule has 1 aromatic heterocycles. The highest BCUT2D eigenvalue weighted by molar-refractivity contribution is 5.76. The number of aliphatic hydroxyl groups excluding tert-OH is 1. The Balaban J connectivity index is 2.52. The molecule has 0 saturated heterocycles. The number of carbonyl (C=O) groups excluding carboxylic acids is 1. The number of aromatic nitrogens is 2. The monoisotopic (exact) mass is 269 g/mol. The molecule has 0 radical (unpaired) electrons. The average molecular weight is 269 g/mol. The Bertz CT molecular complexity index is 410. The molecule has 1 rings (SSSR count). The van der Waals surface area contributed by atoms with E-state index in [1.165, 1.54) is 0 Å². The van der Waals surface area contributed by atoms with Crippen molar-refractivity contribution in [3.8, 4) is 0 Å². The number of hydrogen-bond donors (Lipinski definition) is 1. The number of carbonyl (C=O) groups is 1. The third-order valence-corrected chi connectivity index (χ3v) is 2.80. The zero-order valence-electron chi connectivity index (χ0n) is 12.1. The van der Waals surface area contributed by atoms with Crippen molar-refractivity contribution >= 4 is 5.91 Å². The fourth-order valence-corrected chi connectivity index (χ4v) is 1.61. The standard InChI is InChI=1S/C13H23N3O3/c1-5-16(8-9-17)11(18)7-6-10-14-12(15-19-10)13(2,3)4/h17H,5-9H2,1-4H3. The minimum Gasteiger partial charge on any atom is -0.395 e. The van der Waals surface area contributed by atoms with Gasteiger partial charge in [0.2, 0.25) is 11.8 Å². The number of aliphatic hydroxyl groups is 1. The van der Waals surface area contributed by atoms with Crippen molar-refractivity contribution in [3.63, 3.8) is 0 Å². The van der Waals surface area contributed by atoms with E-state index in [-0.39, 0.29) is 17.9 Å². The van der Waals surface area contributed by atoms with E-state index in [1.807, 2.05) is 27.7 Å². The van der Waals surface area contributed by atoms with Crippen LogP contribution in [0.5, 0.6) is 0 Å². The van der Waals surface area contributed by atoms with Crippen molar-refractivity contribution in [3.05, 3.63) is 11.7 Å². The highest BCUT2D eigenvalue weighted by Gasteiger charge is 2.21. The van der Waals surface area contributed by atoms with Gasteiger partial charge in [-0.1, -0.05) is 25.9 Å². The molecule has 1 heterocycles. The van der Waals surface area contributed by atoms with Gasteiger partial charge in [0.25, 0.3) is 0 Å². The first-order valence-electron chi connectivity index (χ1n) is 6.60. The van der Waals surface area contributed by atoms with Crippen LogP contribution < -0.4 is 0 Å². The maximum absolute atomic E-state index is 11.9. The first-order valence-corrected chi connectivity index (χ1v) is 6.60. The van der Waals surface area contributed by atoms with Crippen molar-refractivity contribution in [1.29, 1.82) is 0 Å². The molecule has 6 nitrogen and oxygen atoms in total. The Labute approximate surface area is 113 Å². The van der Waals surface area contributed by atoms with E-state index < -0.39 is 0 Å². The third kappa shape index (κ3) is 4.63. The van der Waals surface area contributed by atoms with Crippen LogP contribution in [-0.4, -0.2) is 45.8 Å². The zero-order chi connectivity index (χ0) is 14.5. The molecular formula is C13H23N3O3. The lowest BCUT2D eigenvalue weighted by Gasteiger charge is -2.18. The van der Waals surface area contributed by atoms with E-state index >= 15 is 0 Å². The smallest absolute Gasteiger partial charge is 0.227 e. The summed E-state index contributed by atoms with van der Waals surface area (Å²) in [6.07, 6.45) is 0.753. The molecule has 0 saturated carbocycles. The Morgan fingerprint density at radius 2 is 2.11 bits per heavy atom. The van der Waals surface area contributed by atoms with Gasteiger partial charge < -0.3 is 14.5 Å². The molecule has 0 atom stereocenters. The summed E-state index contributed by atoms with van der Waals surface area (Å²) in [5, 5.41) is 12.8. The number of nitrogens with zero attached hydrogens (tertiary/aromatic N) is 3. The number of hydrogen-bond acceptors (Lipinski definition) is 5. The summed E-state index contributed by atoms with van der Waals surface area (Å²) in [7, 11) is 0. The van der Waals surface area contributed by atoms with Crippen LogP contribution in [-0.2, 0) is 16.6 Å². The first-order chi connectivity index (χ1) is 8.88. The molecule has 1 aromatic rings. The van der Waals surface area contributed by atoms with E-state index in [1.54, 1.807) is 4.90 Å². The van der Waals surface area contributed by atoms with Gasteiger partial charge in [0, 0.05) is 31.3 Å². The summed E-state index contributed by atoms with van der Waals surface area (Å²) < 4.78 is 5.13. The van der Waals surface area contributed by atoms with Gasteiger partial charge in [0.05, 0.1) is 6.61 Å². The highest BCUT2D eigenvalue weighted by atomic mass is 16.5. The maximum atomic E-state index is 11.9. The van der Waals surface area contributed by atoms with E-state index in [2.05, 4.69) is 10.1 Å². The van der Waals surface area contributed by atoms with Crippen LogP contribution in [0.2, 0.25) is 0 Å². The van der Waals surface area contributed by atoms with Crippen LogP contribution in [0.25, 0.3) is 0 Å². The fourth-order valence-electron chi connectivity index (χ4n) is 1.61. The highest BCUT2D eigenvalue weighted by Crippen LogP contribution is 2.18. The molecule has 0 unspecified atom stereocenters. The second-order valence-corrected chi connectivity index (χ2v) is 5.46. The number of aryl methyl sites for hydroxylation is 1. The lowest BCUT2D eigenvalue weighted by atomic mass is 9.96. The van der Waals surface area contributed by atoms with E-state index in [4.69, 9.17) is 9.63 Å². The molecule has 0 spiro atoms. The normalized spacial score (nSPS) is 11.6. The summed E-state index contributed by atoms with van der Waals surface area (Å²) in [6, 6.07) is 0. The van der Waals surface area contributed by atoms with Crippen LogP contribution in [0, 0.1) is 0 Å². The van der Waals surface area contributed by atoms with Crippen molar-refractivity contribution in [2.45, 2.75) is 46.0 Å². The Kier molecular flexibility index (Phi) is 5.47. The molecule has 0 aliphatic rings. The predicted octanol–water partition coefficient (Wildman–Crippen LogP) is 1.14. The van der Waals surface area contributed by atoms with Crippen molar-refractivity contribution in [2.24, 2.45) is 0 Å². The molecule has 1 N–H and O–H groups in total. The summed E-state index contributed by atoms with van der Waals surface area (Å²) >= 11 is 0. The van der Waals surface area contributed by atoms with Gasteiger partial charge in [-0.05, 0) is 6.92 Å². The number of rotatable bonds is 6. The van der Waals surface area contributed by atoms with Gasteiger partial charge in [-0.3, -0.25) is 4.79 Å². The molecule has 108 valence electrons. The minimum absolute atomic E-state index is 0.00735. The molecule has 1 amide bonds. The number of amides is 1. The van der Waals surface area contributed by atoms with Gasteiger partial charge in [-0.2, -0.15) is 4.98 Å². The number of likely N-dealkylation sites (N-methyl/N-ethyl adjacent to an activating group) is 1. The second-order valence-electron chi connectivity index (χ2n) is 5.46. The van der Waals surface area contributed by atoms with E-state index in [0.29, 0.717) is 37.6 Å². The molecule has 0 bridgehead atoms. The molecule has 0 aliphatic carbocycles. The molecule has 19 heavy (non-hydrogen) atoms. The lowest BCUT2D eigenvalue weighted by Crippen LogP contribution is -2.33. The average Bonchev–Trinajstić information content (AvgIpc) is 2.81. The van der Waals surface area contributed by atoms with Crippen molar-refractivity contribution < 1.29 is 14.4 Å². The van der Waals surface area contributed by atoms with Crippen LogP contribution in [0.1, 0.15) is 45.8 Å². The van der Waals surface area contributed by atoms with Crippen LogP contribution in [0.4, 0.5) is 0 Å². The van der Waals surface area contributed by atoms with Gasteiger partial charge in [0.1, 0.15) is 0 Å². The first kappa shape index (κ1) is 15.6. The topological polar surface area (TPSA) is 79.5 Å². The summed E-state index contributed by atoms with van der Waals surface area (Å²) in [4.78, 5) is 17.8. The van der Waals surface area contributed by atoms with Crippen LogP contribution >= 0.6 is 0 Å². The van der Waals surface area contributed by atoms with Crippen LogP contribution in [0.15, 0.2) is 4.52 Å². The van der Waals surface area contributed by atoms with E-state index in [9.17, 15) is 4.79 Å². The van der Waals surface area contributed by atoms with E-state index in [0.717, 1.165) is 0 Å². The van der Waals surface area contributed by atoms with Gasteiger partial charge in [-0.25, -0.2) is 0 Å². The molecule has 0 fully saturated rings. The Morgan fingerprint density at radius 1 is 1.42 bits per heavy atom. The van der Waals surface area contributed by atoms with Gasteiger partial charge in [-0.15, -0.1) is 0 Å². The Morgan fingerprint density at radius 3 is 2.58 bits per heavy atom. The zero-order valence-corrected chi connectivity index (χ0v) is 12.1. The fraction of sp³-hybridized carbons (Fsp3) is 0.769. The molecular weight excluding hydrogens is 246 g/mol. The van der Waals surface area contributed by atoms with Crippen LogP contribution in [0.3, 0.4) is 0 Å². The quantitative estimate of drug-likeness (QED) is 0.837. The summed E-state index contributed by atoms with van der Waals surface area (Å²) in [5.74, 6) is 1.13. The largest absolute Gasteiger partial charge is 0.395 e. The van der Waals surface area contributed by atoms with Gasteiger partial charge >= 0.3 is 0 Å². The van der Waals surface area contributed by atoms with Crippen molar-refractivity contribution in [2.75, 3.05) is 19.7 Å². The lowest BCUT2D eigenvalue weighted by molar-refractivity contribution is -0.131. The van der Waals surface area contributed by atoms with Crippen molar-refractivity contribution in [1.82, 2.24) is 15.0 Å². The second kappa shape index (κ2) is 6.65. The maximum Gasteiger partial charge on any atom is 0.227 e. The molecule has 6 heteroatoms. The van der Waals surface area contributed by atoms with Gasteiger partial charge in [0.15, 0.2) is 5.82 Å². The predicted molar refractivity (Wildman–Crippen MR) is 70.7 cm³/mol. The SMILES string of the molecule is CCN(CCO)C(=O)CCc1nc(C(C)(C)C)no1. The summed E-state index contributed by atoms with van der Waals surface area (Å²) in [5.41, 5.74) is -0.155. The molecule has 0 aliphatic heterocycles. The molecule has 0 aromatic carbocycles. The third-order valence-electron chi connectivity index (χ3n) is 2.80.